The lowest BCUT2D eigenvalue weighted by molar-refractivity contribution is -0.137. The summed E-state index contributed by atoms with van der Waals surface area (Å²) in [6, 6.07) is 22.7. The summed E-state index contributed by atoms with van der Waals surface area (Å²) in [6.07, 6.45) is 6.03. The minimum atomic E-state index is -0.392. The summed E-state index contributed by atoms with van der Waals surface area (Å²) in [5, 5.41) is 2.41. The van der Waals surface area contributed by atoms with Gasteiger partial charge < -0.3 is 19.8 Å². The van der Waals surface area contributed by atoms with E-state index in [0.717, 1.165) is 23.9 Å². The summed E-state index contributed by atoms with van der Waals surface area (Å²) in [4.78, 5) is 36.9. The number of hydrogen-bond acceptors (Lipinski definition) is 2. The van der Waals surface area contributed by atoms with E-state index in [1.165, 1.54) is 34.0 Å². The molecule has 7 heteroatoms. The summed E-state index contributed by atoms with van der Waals surface area (Å²) in [5.74, 6) is -0.806. The van der Waals surface area contributed by atoms with Crippen LogP contribution in [0.15, 0.2) is 85.2 Å². The molecule has 3 aromatic carbocycles. The van der Waals surface area contributed by atoms with Crippen molar-refractivity contribution in [1.82, 2.24) is 14.9 Å². The zero-order valence-corrected chi connectivity index (χ0v) is 21.5. The number of halogens is 1. The van der Waals surface area contributed by atoms with Crippen molar-refractivity contribution in [2.75, 3.05) is 24.5 Å². The summed E-state index contributed by atoms with van der Waals surface area (Å²) in [6.45, 7) is 1.55. The number of likely N-dealkylation sites (tertiary alicyclic amines) is 1. The molecule has 2 aliphatic heterocycles. The number of aromatic nitrogens is 2. The molecule has 196 valence electrons. The quantitative estimate of drug-likeness (QED) is 0.317. The number of H-pyrrole nitrogens is 2. The van der Waals surface area contributed by atoms with E-state index in [4.69, 9.17) is 0 Å². The van der Waals surface area contributed by atoms with E-state index in [1.807, 2.05) is 17.0 Å². The monoisotopic (exact) mass is 520 g/mol. The molecule has 5 aromatic rings. The van der Waals surface area contributed by atoms with E-state index in [1.54, 1.807) is 17.0 Å². The molecule has 2 aromatic heterocycles. The Kier molecular flexibility index (Phi) is 5.54. The molecule has 0 aliphatic carbocycles. The summed E-state index contributed by atoms with van der Waals surface area (Å²) >= 11 is 0. The van der Waals surface area contributed by atoms with Crippen molar-refractivity contribution in [3.63, 3.8) is 0 Å². The largest absolute Gasteiger partial charge is 0.361 e. The van der Waals surface area contributed by atoms with Crippen molar-refractivity contribution in [3.8, 4) is 0 Å². The Bertz CT molecular complexity index is 1620. The molecule has 6 nitrogen and oxygen atoms in total. The number of carbonyl (C=O) groups is 2. The van der Waals surface area contributed by atoms with Gasteiger partial charge in [0, 0.05) is 71.4 Å². The van der Waals surface area contributed by atoms with Gasteiger partial charge in [-0.15, -0.1) is 0 Å². The Hall–Kier alpha value is -4.39. The zero-order valence-electron chi connectivity index (χ0n) is 21.5. The van der Waals surface area contributed by atoms with Crippen molar-refractivity contribution in [1.29, 1.82) is 0 Å². The molecule has 2 saturated heterocycles. The molecule has 1 atom stereocenters. The average molecular weight is 521 g/mol. The van der Waals surface area contributed by atoms with Crippen LogP contribution in [0.1, 0.15) is 30.4 Å². The van der Waals surface area contributed by atoms with Gasteiger partial charge >= 0.3 is 0 Å². The second-order valence-electron chi connectivity index (χ2n) is 10.8. The van der Waals surface area contributed by atoms with Crippen LogP contribution in [0.4, 0.5) is 10.1 Å². The van der Waals surface area contributed by atoms with Crippen LogP contribution >= 0.6 is 0 Å². The van der Waals surface area contributed by atoms with Crippen LogP contribution in [0.25, 0.3) is 21.8 Å². The van der Waals surface area contributed by atoms with Gasteiger partial charge in [-0.1, -0.05) is 36.4 Å². The number of carbonyl (C=O) groups excluding carboxylic acids is 2. The van der Waals surface area contributed by atoms with Gasteiger partial charge in [-0.25, -0.2) is 4.39 Å². The lowest BCUT2D eigenvalue weighted by Gasteiger charge is -2.43. The second-order valence-corrected chi connectivity index (χ2v) is 10.8. The molecule has 2 fully saturated rings. The standard InChI is InChI=1S/C32H29FN4O2/c33-22-9-11-23(12-10-22)37-20-21(17-30(37)38)31(39)36-15-13-32(14-16-36,26-18-34-28-7-3-1-5-24(26)28)27-19-35-29-8-4-2-6-25(27)29/h1-12,18-19,21,34-35H,13-17,20H2/t21-/m1/s1. The zero-order chi connectivity index (χ0) is 26.6. The molecule has 0 radical (unpaired) electrons. The maximum Gasteiger partial charge on any atom is 0.228 e. The smallest absolute Gasteiger partial charge is 0.228 e. The average Bonchev–Trinajstić information content (AvgIpc) is 3.70. The Labute approximate surface area is 225 Å². The number of anilines is 1. The SMILES string of the molecule is O=C([C@@H]1CC(=O)N(c2ccc(F)cc2)C1)N1CCC(c2c[nH]c3ccccc23)(c2c[nH]c3ccccc23)CC1. The third-order valence-corrected chi connectivity index (χ3v) is 8.75. The van der Waals surface area contributed by atoms with E-state index in [9.17, 15) is 14.0 Å². The summed E-state index contributed by atoms with van der Waals surface area (Å²) < 4.78 is 13.4. The van der Waals surface area contributed by atoms with Crippen LogP contribution in [-0.2, 0) is 15.0 Å². The topological polar surface area (TPSA) is 72.2 Å². The molecule has 0 bridgehead atoms. The molecule has 7 rings (SSSR count). The van der Waals surface area contributed by atoms with Gasteiger partial charge in [0.15, 0.2) is 0 Å². The minimum absolute atomic E-state index is 0.0272. The Morgan fingerprint density at radius 3 is 1.97 bits per heavy atom. The number of nitrogens with one attached hydrogen (secondary N) is 2. The molecule has 2 aliphatic rings. The van der Waals surface area contributed by atoms with Gasteiger partial charge in [0.05, 0.1) is 5.92 Å². The van der Waals surface area contributed by atoms with Crippen LogP contribution in [-0.4, -0.2) is 46.3 Å². The van der Waals surface area contributed by atoms with Gasteiger partial charge in [-0.2, -0.15) is 0 Å². The first-order valence-electron chi connectivity index (χ1n) is 13.5. The number of nitrogens with zero attached hydrogens (tertiary/aromatic N) is 2. The fourth-order valence-corrected chi connectivity index (χ4v) is 6.73. The van der Waals surface area contributed by atoms with E-state index in [0.29, 0.717) is 25.3 Å². The summed E-state index contributed by atoms with van der Waals surface area (Å²) in [7, 11) is 0. The van der Waals surface area contributed by atoms with Crippen LogP contribution in [0.2, 0.25) is 0 Å². The number of aromatic amines is 2. The Morgan fingerprint density at radius 2 is 1.38 bits per heavy atom. The predicted molar refractivity (Wildman–Crippen MR) is 150 cm³/mol. The molecule has 39 heavy (non-hydrogen) atoms. The lowest BCUT2D eigenvalue weighted by atomic mass is 9.67. The lowest BCUT2D eigenvalue weighted by Crippen LogP contribution is -2.47. The van der Waals surface area contributed by atoms with E-state index >= 15 is 0 Å². The first-order valence-corrected chi connectivity index (χ1v) is 13.5. The van der Waals surface area contributed by atoms with Crippen molar-refractivity contribution in [3.05, 3.63) is 102 Å². The van der Waals surface area contributed by atoms with E-state index in [2.05, 4.69) is 58.8 Å². The number of para-hydroxylation sites is 2. The fraction of sp³-hybridized carbons (Fsp3) is 0.250. The van der Waals surface area contributed by atoms with Crippen molar-refractivity contribution < 1.29 is 14.0 Å². The highest BCUT2D eigenvalue weighted by Crippen LogP contribution is 2.47. The number of hydrogen-bond donors (Lipinski definition) is 2. The predicted octanol–water partition coefficient (Wildman–Crippen LogP) is 5.75. The third kappa shape index (κ3) is 3.83. The Morgan fingerprint density at radius 1 is 0.821 bits per heavy atom. The van der Waals surface area contributed by atoms with E-state index in [-0.39, 0.29) is 29.5 Å². The van der Waals surface area contributed by atoms with E-state index < -0.39 is 5.92 Å². The summed E-state index contributed by atoms with van der Waals surface area (Å²) in [5.41, 5.74) is 5.10. The van der Waals surface area contributed by atoms with Gasteiger partial charge in [0.25, 0.3) is 0 Å². The molecule has 0 spiro atoms. The normalized spacial score (nSPS) is 19.3. The van der Waals surface area contributed by atoms with Crippen molar-refractivity contribution in [2.45, 2.75) is 24.7 Å². The maximum atomic E-state index is 13.7. The van der Waals surface area contributed by atoms with Gasteiger partial charge in [-0.3, -0.25) is 9.59 Å². The number of piperidine rings is 1. The molecule has 2 amide bonds. The van der Waals surface area contributed by atoms with Crippen molar-refractivity contribution in [2.24, 2.45) is 5.92 Å². The number of fused-ring (bicyclic) bond motifs is 2. The molecule has 4 heterocycles. The molecular weight excluding hydrogens is 491 g/mol. The van der Waals surface area contributed by atoms with Crippen LogP contribution in [0, 0.1) is 11.7 Å². The van der Waals surface area contributed by atoms with Crippen molar-refractivity contribution >= 4 is 39.3 Å². The molecule has 0 unspecified atom stereocenters. The first kappa shape index (κ1) is 23.7. The number of rotatable bonds is 4. The van der Waals surface area contributed by atoms with Crippen LogP contribution < -0.4 is 4.90 Å². The minimum Gasteiger partial charge on any atom is -0.361 e. The van der Waals surface area contributed by atoms with Crippen LogP contribution in [0.5, 0.6) is 0 Å². The molecular formula is C32H29FN4O2. The Balaban J connectivity index is 1.18. The second kappa shape index (κ2) is 9.12. The third-order valence-electron chi connectivity index (χ3n) is 8.75. The highest BCUT2D eigenvalue weighted by Gasteiger charge is 2.44. The highest BCUT2D eigenvalue weighted by molar-refractivity contribution is 6.00. The number of benzene rings is 3. The maximum absolute atomic E-state index is 13.7. The first-order chi connectivity index (χ1) is 19.0. The van der Waals surface area contributed by atoms with Gasteiger partial charge in [0.1, 0.15) is 5.82 Å². The number of amides is 2. The van der Waals surface area contributed by atoms with Gasteiger partial charge in [0.2, 0.25) is 11.8 Å². The molecule has 0 saturated carbocycles. The van der Waals surface area contributed by atoms with Gasteiger partial charge in [-0.05, 0) is 60.4 Å². The molecule has 2 N–H and O–H groups in total. The van der Waals surface area contributed by atoms with Crippen LogP contribution in [0.3, 0.4) is 0 Å². The fourth-order valence-electron chi connectivity index (χ4n) is 6.73. The highest BCUT2D eigenvalue weighted by atomic mass is 19.1.